The van der Waals surface area contributed by atoms with E-state index in [-0.39, 0.29) is 5.91 Å². The molecule has 0 bridgehead atoms. The van der Waals surface area contributed by atoms with Gasteiger partial charge < -0.3 is 15.5 Å². The van der Waals surface area contributed by atoms with Crippen molar-refractivity contribution in [3.63, 3.8) is 0 Å². The molecule has 6 nitrogen and oxygen atoms in total. The molecule has 0 unspecified atom stereocenters. The summed E-state index contributed by atoms with van der Waals surface area (Å²) in [6.07, 6.45) is 4.04. The molecule has 2 rings (SSSR count). The lowest BCUT2D eigenvalue weighted by Crippen LogP contribution is -2.34. The number of carbonyl (C=O) groups is 1. The van der Waals surface area contributed by atoms with Crippen LogP contribution in [0, 0.1) is 0 Å². The molecule has 2 N–H and O–H groups in total. The highest BCUT2D eigenvalue weighted by molar-refractivity contribution is 5.73. The minimum Gasteiger partial charge on any atom is -0.394 e. The minimum atomic E-state index is 0.127. The standard InChI is InChI=1S/C11H17N5O/c1-9(17)15-3-2-4-16(6-5-15)11-10(12)7-13-8-14-11/h7-8H,2-6,12H2,1H3. The van der Waals surface area contributed by atoms with Gasteiger partial charge in [-0.3, -0.25) is 4.79 Å². The predicted octanol–water partition coefficient (Wildman–Crippen LogP) is 0.117. The molecule has 0 radical (unpaired) electrons. The molecule has 2 heterocycles. The maximum atomic E-state index is 11.3. The number of rotatable bonds is 1. The molecule has 1 saturated heterocycles. The van der Waals surface area contributed by atoms with Gasteiger partial charge in [-0.15, -0.1) is 0 Å². The van der Waals surface area contributed by atoms with Crippen molar-refractivity contribution in [1.29, 1.82) is 0 Å². The van der Waals surface area contributed by atoms with E-state index < -0.39 is 0 Å². The number of hydrogen-bond acceptors (Lipinski definition) is 5. The molecule has 0 aromatic carbocycles. The van der Waals surface area contributed by atoms with Gasteiger partial charge in [0.25, 0.3) is 0 Å². The van der Waals surface area contributed by atoms with Gasteiger partial charge in [0, 0.05) is 33.1 Å². The molecule has 1 aliphatic heterocycles. The summed E-state index contributed by atoms with van der Waals surface area (Å²) in [5.41, 5.74) is 6.44. The van der Waals surface area contributed by atoms with Crippen molar-refractivity contribution >= 4 is 17.4 Å². The van der Waals surface area contributed by atoms with Crippen molar-refractivity contribution in [1.82, 2.24) is 14.9 Å². The Hall–Kier alpha value is -1.85. The molecular weight excluding hydrogens is 218 g/mol. The summed E-state index contributed by atoms with van der Waals surface area (Å²) in [6, 6.07) is 0. The molecule has 0 aliphatic carbocycles. The first-order valence-electron chi connectivity index (χ1n) is 5.74. The lowest BCUT2D eigenvalue weighted by Gasteiger charge is -2.22. The van der Waals surface area contributed by atoms with E-state index in [0.29, 0.717) is 5.69 Å². The molecule has 17 heavy (non-hydrogen) atoms. The van der Waals surface area contributed by atoms with Gasteiger partial charge in [-0.2, -0.15) is 0 Å². The van der Waals surface area contributed by atoms with E-state index in [2.05, 4.69) is 14.9 Å². The van der Waals surface area contributed by atoms with Gasteiger partial charge in [0.1, 0.15) is 6.33 Å². The third kappa shape index (κ3) is 2.64. The van der Waals surface area contributed by atoms with E-state index in [0.717, 1.165) is 38.4 Å². The number of nitrogens with two attached hydrogens (primary N) is 1. The summed E-state index contributed by atoms with van der Waals surface area (Å²) >= 11 is 0. The molecule has 0 spiro atoms. The van der Waals surface area contributed by atoms with Crippen LogP contribution in [0.2, 0.25) is 0 Å². The van der Waals surface area contributed by atoms with Crippen molar-refractivity contribution in [2.75, 3.05) is 36.8 Å². The highest BCUT2D eigenvalue weighted by Gasteiger charge is 2.18. The minimum absolute atomic E-state index is 0.127. The zero-order chi connectivity index (χ0) is 12.3. The zero-order valence-electron chi connectivity index (χ0n) is 9.96. The Morgan fingerprint density at radius 2 is 2.18 bits per heavy atom. The first kappa shape index (κ1) is 11.6. The molecule has 92 valence electrons. The van der Waals surface area contributed by atoms with Crippen molar-refractivity contribution in [2.45, 2.75) is 13.3 Å². The van der Waals surface area contributed by atoms with Crippen LogP contribution in [-0.2, 0) is 4.79 Å². The van der Waals surface area contributed by atoms with Gasteiger partial charge in [0.2, 0.25) is 5.91 Å². The second-order valence-electron chi connectivity index (χ2n) is 4.15. The number of carbonyl (C=O) groups excluding carboxylic acids is 1. The highest BCUT2D eigenvalue weighted by atomic mass is 16.2. The van der Waals surface area contributed by atoms with E-state index in [9.17, 15) is 4.79 Å². The Morgan fingerprint density at radius 1 is 1.35 bits per heavy atom. The monoisotopic (exact) mass is 235 g/mol. The SMILES string of the molecule is CC(=O)N1CCCN(c2ncncc2N)CC1. The van der Waals surface area contributed by atoms with Crippen LogP contribution in [0.15, 0.2) is 12.5 Å². The summed E-state index contributed by atoms with van der Waals surface area (Å²) in [5.74, 6) is 0.896. The van der Waals surface area contributed by atoms with Crippen molar-refractivity contribution in [2.24, 2.45) is 0 Å². The Bertz CT molecular complexity index is 409. The summed E-state index contributed by atoms with van der Waals surface area (Å²) in [5, 5.41) is 0. The molecule has 1 amide bonds. The van der Waals surface area contributed by atoms with Crippen molar-refractivity contribution < 1.29 is 4.79 Å². The fraction of sp³-hybridized carbons (Fsp3) is 0.545. The molecule has 1 aromatic rings. The first-order valence-corrected chi connectivity index (χ1v) is 5.74. The smallest absolute Gasteiger partial charge is 0.219 e. The van der Waals surface area contributed by atoms with Gasteiger partial charge in [0.05, 0.1) is 11.9 Å². The zero-order valence-corrected chi connectivity index (χ0v) is 9.96. The molecule has 1 aliphatic rings. The Kier molecular flexibility index (Phi) is 3.41. The van der Waals surface area contributed by atoms with Crippen LogP contribution in [-0.4, -0.2) is 47.0 Å². The van der Waals surface area contributed by atoms with Crippen LogP contribution in [0.4, 0.5) is 11.5 Å². The predicted molar refractivity (Wildman–Crippen MR) is 65.5 cm³/mol. The second kappa shape index (κ2) is 4.99. The average molecular weight is 235 g/mol. The van der Waals surface area contributed by atoms with Crippen LogP contribution in [0.3, 0.4) is 0 Å². The van der Waals surface area contributed by atoms with E-state index in [1.54, 1.807) is 13.1 Å². The maximum absolute atomic E-state index is 11.3. The van der Waals surface area contributed by atoms with Gasteiger partial charge in [-0.1, -0.05) is 0 Å². The molecule has 1 aromatic heterocycles. The Balaban J connectivity index is 2.09. The van der Waals surface area contributed by atoms with Gasteiger partial charge in [-0.25, -0.2) is 9.97 Å². The van der Waals surface area contributed by atoms with E-state index in [4.69, 9.17) is 5.73 Å². The van der Waals surface area contributed by atoms with E-state index in [1.165, 1.54) is 6.33 Å². The maximum Gasteiger partial charge on any atom is 0.219 e. The normalized spacial score (nSPS) is 16.8. The van der Waals surface area contributed by atoms with Crippen LogP contribution >= 0.6 is 0 Å². The molecule has 6 heteroatoms. The first-order chi connectivity index (χ1) is 8.18. The average Bonchev–Trinajstić information content (AvgIpc) is 2.55. The van der Waals surface area contributed by atoms with E-state index >= 15 is 0 Å². The quantitative estimate of drug-likeness (QED) is 0.748. The topological polar surface area (TPSA) is 75.4 Å². The lowest BCUT2D eigenvalue weighted by atomic mass is 10.3. The van der Waals surface area contributed by atoms with E-state index in [1.807, 2.05) is 4.90 Å². The fourth-order valence-corrected chi connectivity index (χ4v) is 2.04. The number of nitrogens with zero attached hydrogens (tertiary/aromatic N) is 4. The summed E-state index contributed by atoms with van der Waals surface area (Å²) < 4.78 is 0. The largest absolute Gasteiger partial charge is 0.394 e. The number of nitrogen functional groups attached to an aromatic ring is 1. The van der Waals surface area contributed by atoms with Crippen molar-refractivity contribution in [3.8, 4) is 0 Å². The molecule has 0 atom stereocenters. The third-order valence-electron chi connectivity index (χ3n) is 2.96. The van der Waals surface area contributed by atoms with Crippen LogP contribution in [0.1, 0.15) is 13.3 Å². The number of hydrogen-bond donors (Lipinski definition) is 1. The third-order valence-corrected chi connectivity index (χ3v) is 2.96. The van der Waals surface area contributed by atoms with Gasteiger partial charge in [-0.05, 0) is 6.42 Å². The lowest BCUT2D eigenvalue weighted by molar-refractivity contribution is -0.128. The number of amides is 1. The molecule has 1 fully saturated rings. The Labute approximate surface area is 100 Å². The fourth-order valence-electron chi connectivity index (χ4n) is 2.04. The summed E-state index contributed by atoms with van der Waals surface area (Å²) in [6.45, 7) is 4.76. The van der Waals surface area contributed by atoms with Crippen LogP contribution < -0.4 is 10.6 Å². The highest BCUT2D eigenvalue weighted by Crippen LogP contribution is 2.19. The van der Waals surface area contributed by atoms with Crippen LogP contribution in [0.25, 0.3) is 0 Å². The summed E-state index contributed by atoms with van der Waals surface area (Å²) in [4.78, 5) is 23.4. The van der Waals surface area contributed by atoms with Crippen LogP contribution in [0.5, 0.6) is 0 Å². The number of aromatic nitrogens is 2. The van der Waals surface area contributed by atoms with Gasteiger partial charge >= 0.3 is 0 Å². The summed E-state index contributed by atoms with van der Waals surface area (Å²) in [7, 11) is 0. The van der Waals surface area contributed by atoms with Crippen molar-refractivity contribution in [3.05, 3.63) is 12.5 Å². The molecular formula is C11H17N5O. The van der Waals surface area contributed by atoms with Gasteiger partial charge in [0.15, 0.2) is 5.82 Å². The molecule has 0 saturated carbocycles. The second-order valence-corrected chi connectivity index (χ2v) is 4.15. The number of anilines is 2. The Morgan fingerprint density at radius 3 is 2.88 bits per heavy atom.